The maximum Gasteiger partial charge on any atom is 0.262 e. The fourth-order valence-electron chi connectivity index (χ4n) is 3.70. The van der Waals surface area contributed by atoms with E-state index in [1.54, 1.807) is 18.2 Å². The van der Waals surface area contributed by atoms with Crippen LogP contribution in [0.2, 0.25) is 0 Å². The Bertz CT molecular complexity index is 928. The molecule has 2 amide bonds. The molecule has 0 atom stereocenters. The minimum Gasteiger partial charge on any atom is -0.482 e. The number of aryl methyl sites for hydroxylation is 1. The summed E-state index contributed by atoms with van der Waals surface area (Å²) in [5.74, 6) is 0.291. The number of piperidine rings is 1. The number of nitrogens with zero attached hydrogens (tertiary/aromatic N) is 1. The fourth-order valence-corrected chi connectivity index (χ4v) is 3.70. The van der Waals surface area contributed by atoms with Crippen molar-refractivity contribution in [2.75, 3.05) is 25.0 Å². The molecule has 0 saturated carbocycles. The van der Waals surface area contributed by atoms with Crippen molar-refractivity contribution in [2.45, 2.75) is 19.8 Å². The van der Waals surface area contributed by atoms with Crippen LogP contribution in [0.15, 0.2) is 42.5 Å². The van der Waals surface area contributed by atoms with E-state index in [0.29, 0.717) is 48.5 Å². The third-order valence-electron chi connectivity index (χ3n) is 5.35. The van der Waals surface area contributed by atoms with E-state index in [4.69, 9.17) is 4.74 Å². The van der Waals surface area contributed by atoms with Gasteiger partial charge in [-0.3, -0.25) is 14.4 Å². The monoisotopic (exact) mass is 378 g/mol. The van der Waals surface area contributed by atoms with Crippen molar-refractivity contribution in [1.29, 1.82) is 0 Å². The lowest BCUT2D eigenvalue weighted by Gasteiger charge is -2.31. The number of benzene rings is 2. The second kappa shape index (κ2) is 7.46. The summed E-state index contributed by atoms with van der Waals surface area (Å²) >= 11 is 0. The second-order valence-corrected chi connectivity index (χ2v) is 7.34. The summed E-state index contributed by atoms with van der Waals surface area (Å²) in [6.45, 7) is 3.11. The van der Waals surface area contributed by atoms with Gasteiger partial charge in [0.25, 0.3) is 11.8 Å². The van der Waals surface area contributed by atoms with Gasteiger partial charge in [0.1, 0.15) is 5.75 Å². The van der Waals surface area contributed by atoms with Gasteiger partial charge in [0.05, 0.1) is 5.69 Å². The van der Waals surface area contributed by atoms with Gasteiger partial charge in [-0.2, -0.15) is 0 Å². The van der Waals surface area contributed by atoms with Gasteiger partial charge in [-0.05, 0) is 50.1 Å². The summed E-state index contributed by atoms with van der Waals surface area (Å²) < 4.78 is 5.34. The van der Waals surface area contributed by atoms with Crippen LogP contribution < -0.4 is 10.1 Å². The average molecular weight is 378 g/mol. The van der Waals surface area contributed by atoms with Crippen molar-refractivity contribution in [1.82, 2.24) is 4.90 Å². The van der Waals surface area contributed by atoms with Crippen molar-refractivity contribution in [3.63, 3.8) is 0 Å². The molecule has 2 aliphatic heterocycles. The highest BCUT2D eigenvalue weighted by atomic mass is 16.5. The van der Waals surface area contributed by atoms with E-state index >= 15 is 0 Å². The predicted molar refractivity (Wildman–Crippen MR) is 105 cm³/mol. The molecule has 1 saturated heterocycles. The molecule has 6 heteroatoms. The standard InChI is InChI=1S/C22H22N2O4/c1-14-2-4-16(5-3-14)22(27)24-10-8-15(9-11-24)21(26)17-6-7-19-18(12-17)23-20(25)13-28-19/h2-7,12,15H,8-11,13H2,1H3,(H,23,25). The molecule has 1 N–H and O–H groups in total. The third-order valence-corrected chi connectivity index (χ3v) is 5.35. The molecule has 0 unspecified atom stereocenters. The molecule has 2 aromatic rings. The number of amides is 2. The van der Waals surface area contributed by atoms with Crippen LogP contribution in [0.1, 0.15) is 39.1 Å². The molecule has 4 rings (SSSR count). The molecule has 0 spiro atoms. The van der Waals surface area contributed by atoms with E-state index in [2.05, 4.69) is 5.32 Å². The Balaban J connectivity index is 1.40. The first-order valence-corrected chi connectivity index (χ1v) is 9.48. The van der Waals surface area contributed by atoms with Crippen molar-refractivity contribution in [3.05, 3.63) is 59.2 Å². The van der Waals surface area contributed by atoms with E-state index in [-0.39, 0.29) is 30.1 Å². The topological polar surface area (TPSA) is 75.7 Å². The first-order valence-electron chi connectivity index (χ1n) is 9.48. The van der Waals surface area contributed by atoms with Gasteiger partial charge in [0.15, 0.2) is 12.4 Å². The number of fused-ring (bicyclic) bond motifs is 1. The quantitative estimate of drug-likeness (QED) is 0.833. The molecule has 1 fully saturated rings. The molecule has 0 aliphatic carbocycles. The molecule has 2 aromatic carbocycles. The zero-order valence-corrected chi connectivity index (χ0v) is 15.7. The van der Waals surface area contributed by atoms with Crippen LogP contribution >= 0.6 is 0 Å². The molecule has 6 nitrogen and oxygen atoms in total. The highest BCUT2D eigenvalue weighted by Gasteiger charge is 2.29. The number of hydrogen-bond donors (Lipinski definition) is 1. The van der Waals surface area contributed by atoms with Gasteiger partial charge in [-0.15, -0.1) is 0 Å². The van der Waals surface area contributed by atoms with Gasteiger partial charge in [0.2, 0.25) is 0 Å². The first kappa shape index (κ1) is 18.2. The Morgan fingerprint density at radius 2 is 1.71 bits per heavy atom. The first-order chi connectivity index (χ1) is 13.5. The van der Waals surface area contributed by atoms with Crippen LogP contribution in [0, 0.1) is 12.8 Å². The minimum atomic E-state index is -0.222. The minimum absolute atomic E-state index is 0.00619. The lowest BCUT2D eigenvalue weighted by molar-refractivity contribution is -0.118. The van der Waals surface area contributed by atoms with Crippen molar-refractivity contribution in [3.8, 4) is 5.75 Å². The Morgan fingerprint density at radius 1 is 1.04 bits per heavy atom. The van der Waals surface area contributed by atoms with E-state index in [1.165, 1.54) is 0 Å². The number of carbonyl (C=O) groups is 3. The summed E-state index contributed by atoms with van der Waals surface area (Å²) in [7, 11) is 0. The van der Waals surface area contributed by atoms with Gasteiger partial charge in [-0.1, -0.05) is 17.7 Å². The van der Waals surface area contributed by atoms with Crippen LogP contribution in [-0.2, 0) is 4.79 Å². The zero-order chi connectivity index (χ0) is 19.7. The number of hydrogen-bond acceptors (Lipinski definition) is 4. The van der Waals surface area contributed by atoms with Crippen LogP contribution in [0.5, 0.6) is 5.75 Å². The van der Waals surface area contributed by atoms with E-state index in [0.717, 1.165) is 5.56 Å². The number of nitrogens with one attached hydrogen (secondary N) is 1. The predicted octanol–water partition coefficient (Wildman–Crippen LogP) is 3.06. The van der Waals surface area contributed by atoms with Crippen molar-refractivity contribution in [2.24, 2.45) is 5.92 Å². The molecule has 144 valence electrons. The highest BCUT2D eigenvalue weighted by molar-refractivity contribution is 6.02. The number of ether oxygens (including phenoxy) is 1. The number of carbonyl (C=O) groups excluding carboxylic acids is 3. The van der Waals surface area contributed by atoms with Gasteiger partial charge in [-0.25, -0.2) is 0 Å². The molecular formula is C22H22N2O4. The molecule has 0 aromatic heterocycles. The van der Waals surface area contributed by atoms with Crippen LogP contribution in [-0.4, -0.2) is 42.2 Å². The maximum atomic E-state index is 12.9. The molecule has 0 bridgehead atoms. The van der Waals surface area contributed by atoms with Crippen LogP contribution in [0.25, 0.3) is 0 Å². The fraction of sp³-hybridized carbons (Fsp3) is 0.318. The zero-order valence-electron chi connectivity index (χ0n) is 15.7. The average Bonchev–Trinajstić information content (AvgIpc) is 2.73. The summed E-state index contributed by atoms with van der Waals surface area (Å²) in [6.07, 6.45) is 1.27. The van der Waals surface area contributed by atoms with Crippen LogP contribution in [0.4, 0.5) is 5.69 Å². The summed E-state index contributed by atoms with van der Waals surface area (Å²) in [6, 6.07) is 12.7. The molecule has 2 heterocycles. The van der Waals surface area contributed by atoms with Crippen molar-refractivity contribution < 1.29 is 19.1 Å². The van der Waals surface area contributed by atoms with Crippen molar-refractivity contribution >= 4 is 23.3 Å². The molecule has 0 radical (unpaired) electrons. The second-order valence-electron chi connectivity index (χ2n) is 7.34. The highest BCUT2D eigenvalue weighted by Crippen LogP contribution is 2.31. The lowest BCUT2D eigenvalue weighted by atomic mass is 9.88. The summed E-state index contributed by atoms with van der Waals surface area (Å²) in [5.41, 5.74) is 2.90. The Labute approximate surface area is 163 Å². The van der Waals surface area contributed by atoms with Gasteiger partial charge in [0, 0.05) is 30.1 Å². The van der Waals surface area contributed by atoms with Gasteiger partial charge < -0.3 is 15.0 Å². The Hall–Kier alpha value is -3.15. The maximum absolute atomic E-state index is 12.9. The molecular weight excluding hydrogens is 356 g/mol. The number of Topliss-reactive ketones (excluding diaryl/α,β-unsaturated/α-hetero) is 1. The van der Waals surface area contributed by atoms with E-state index in [1.807, 2.05) is 36.1 Å². The molecule has 2 aliphatic rings. The summed E-state index contributed by atoms with van der Waals surface area (Å²) in [5, 5.41) is 2.73. The largest absolute Gasteiger partial charge is 0.482 e. The number of likely N-dealkylation sites (tertiary alicyclic amines) is 1. The van der Waals surface area contributed by atoms with E-state index < -0.39 is 0 Å². The summed E-state index contributed by atoms with van der Waals surface area (Å²) in [4.78, 5) is 38.8. The van der Waals surface area contributed by atoms with Crippen LogP contribution in [0.3, 0.4) is 0 Å². The SMILES string of the molecule is Cc1ccc(C(=O)N2CCC(C(=O)c3ccc4c(c3)NC(=O)CO4)CC2)cc1. The van der Waals surface area contributed by atoms with E-state index in [9.17, 15) is 14.4 Å². The normalized spacial score (nSPS) is 16.8. The number of ketones is 1. The third kappa shape index (κ3) is 3.63. The Kier molecular flexibility index (Phi) is 4.86. The number of anilines is 1. The molecule has 28 heavy (non-hydrogen) atoms. The Morgan fingerprint density at radius 3 is 2.43 bits per heavy atom. The number of rotatable bonds is 3. The smallest absolute Gasteiger partial charge is 0.262 e. The lowest BCUT2D eigenvalue weighted by Crippen LogP contribution is -2.40. The van der Waals surface area contributed by atoms with Gasteiger partial charge >= 0.3 is 0 Å².